The fourth-order valence-electron chi connectivity index (χ4n) is 3.56. The van der Waals surface area contributed by atoms with E-state index in [1.165, 1.54) is 12.8 Å². The second-order valence-electron chi connectivity index (χ2n) is 7.36. The van der Waals surface area contributed by atoms with Crippen molar-refractivity contribution in [2.45, 2.75) is 39.5 Å². The molecule has 0 saturated carbocycles. The first kappa shape index (κ1) is 18.5. The first-order chi connectivity index (χ1) is 11.2. The highest BCUT2D eigenvalue weighted by atomic mass is 16.5. The molecule has 2 fully saturated rings. The maximum atomic E-state index is 5.75. The van der Waals surface area contributed by atoms with Gasteiger partial charge in [0, 0.05) is 45.8 Å². The Kier molecular flexibility index (Phi) is 8.17. The van der Waals surface area contributed by atoms with E-state index in [1.807, 2.05) is 7.05 Å². The van der Waals surface area contributed by atoms with Crippen LogP contribution in [0, 0.1) is 17.8 Å². The number of hydrogen-bond acceptors (Lipinski definition) is 3. The number of ether oxygens (including phenoxy) is 2. The van der Waals surface area contributed by atoms with E-state index in [9.17, 15) is 0 Å². The van der Waals surface area contributed by atoms with Crippen LogP contribution in [-0.4, -0.2) is 64.0 Å². The minimum absolute atomic E-state index is 0.609. The highest BCUT2D eigenvalue weighted by molar-refractivity contribution is 5.80. The molecule has 1 N–H and O–H groups in total. The summed E-state index contributed by atoms with van der Waals surface area (Å²) in [6, 6.07) is 0. The largest absolute Gasteiger partial charge is 0.381 e. The Bertz CT molecular complexity index is 354. The van der Waals surface area contributed by atoms with Crippen molar-refractivity contribution in [1.29, 1.82) is 0 Å². The zero-order valence-electron chi connectivity index (χ0n) is 15.2. The van der Waals surface area contributed by atoms with E-state index < -0.39 is 0 Å². The molecule has 2 atom stereocenters. The second-order valence-corrected chi connectivity index (χ2v) is 7.36. The van der Waals surface area contributed by atoms with Gasteiger partial charge < -0.3 is 19.7 Å². The van der Waals surface area contributed by atoms with Crippen molar-refractivity contribution in [3.8, 4) is 0 Å². The Labute approximate surface area is 141 Å². The standard InChI is InChI=1S/C18H35N3O2/c1-15(2)11-16-5-8-21(12-16)18(19-3)20-7-4-9-22-13-17-6-10-23-14-17/h15-17H,4-14H2,1-3H3,(H,19,20). The van der Waals surface area contributed by atoms with Gasteiger partial charge in [-0.2, -0.15) is 0 Å². The average Bonchev–Trinajstić information content (AvgIpc) is 3.18. The van der Waals surface area contributed by atoms with Crippen LogP contribution >= 0.6 is 0 Å². The Hall–Kier alpha value is -0.810. The molecule has 0 amide bonds. The molecule has 2 aliphatic heterocycles. The van der Waals surface area contributed by atoms with Crippen LogP contribution < -0.4 is 5.32 Å². The van der Waals surface area contributed by atoms with Crippen LogP contribution in [-0.2, 0) is 9.47 Å². The summed E-state index contributed by atoms with van der Waals surface area (Å²) in [5.74, 6) is 3.28. The highest BCUT2D eigenvalue weighted by Crippen LogP contribution is 2.23. The van der Waals surface area contributed by atoms with E-state index >= 15 is 0 Å². The van der Waals surface area contributed by atoms with Gasteiger partial charge in [-0.3, -0.25) is 4.99 Å². The number of hydrogen-bond donors (Lipinski definition) is 1. The first-order valence-electron chi connectivity index (χ1n) is 9.30. The van der Waals surface area contributed by atoms with Gasteiger partial charge in [-0.05, 0) is 37.5 Å². The van der Waals surface area contributed by atoms with Crippen molar-refractivity contribution < 1.29 is 9.47 Å². The minimum atomic E-state index is 0.609. The Morgan fingerprint density at radius 3 is 2.91 bits per heavy atom. The molecule has 0 aromatic carbocycles. The summed E-state index contributed by atoms with van der Waals surface area (Å²) in [4.78, 5) is 6.85. The van der Waals surface area contributed by atoms with Crippen molar-refractivity contribution in [1.82, 2.24) is 10.2 Å². The predicted octanol–water partition coefficient (Wildman–Crippen LogP) is 2.37. The lowest BCUT2D eigenvalue weighted by Crippen LogP contribution is -2.40. The van der Waals surface area contributed by atoms with Gasteiger partial charge in [0.1, 0.15) is 0 Å². The lowest BCUT2D eigenvalue weighted by molar-refractivity contribution is 0.0887. The molecule has 0 radical (unpaired) electrons. The van der Waals surface area contributed by atoms with Gasteiger partial charge >= 0.3 is 0 Å². The summed E-state index contributed by atoms with van der Waals surface area (Å²) in [7, 11) is 1.88. The Morgan fingerprint density at radius 2 is 2.22 bits per heavy atom. The smallest absolute Gasteiger partial charge is 0.193 e. The number of rotatable bonds is 8. The van der Waals surface area contributed by atoms with Crippen LogP contribution in [0.25, 0.3) is 0 Å². The van der Waals surface area contributed by atoms with E-state index in [-0.39, 0.29) is 0 Å². The van der Waals surface area contributed by atoms with Gasteiger partial charge in [0.2, 0.25) is 0 Å². The van der Waals surface area contributed by atoms with Gasteiger partial charge in [-0.15, -0.1) is 0 Å². The van der Waals surface area contributed by atoms with E-state index in [4.69, 9.17) is 9.47 Å². The Morgan fingerprint density at radius 1 is 1.35 bits per heavy atom. The summed E-state index contributed by atoms with van der Waals surface area (Å²) in [6.07, 6.45) is 4.80. The molecule has 2 rings (SSSR count). The normalized spacial score (nSPS) is 25.6. The fraction of sp³-hybridized carbons (Fsp3) is 0.944. The van der Waals surface area contributed by atoms with Crippen molar-refractivity contribution >= 4 is 5.96 Å². The molecule has 2 unspecified atom stereocenters. The summed E-state index contributed by atoms with van der Waals surface area (Å²) in [5.41, 5.74) is 0. The number of nitrogens with zero attached hydrogens (tertiary/aromatic N) is 2. The lowest BCUT2D eigenvalue weighted by atomic mass is 9.97. The molecule has 5 nitrogen and oxygen atoms in total. The molecule has 2 heterocycles. The van der Waals surface area contributed by atoms with Gasteiger partial charge in [0.25, 0.3) is 0 Å². The maximum absolute atomic E-state index is 5.75. The van der Waals surface area contributed by atoms with Crippen LogP contribution in [0.1, 0.15) is 39.5 Å². The van der Waals surface area contributed by atoms with Crippen LogP contribution in [0.4, 0.5) is 0 Å². The fourth-order valence-corrected chi connectivity index (χ4v) is 3.56. The molecule has 0 spiro atoms. The number of nitrogens with one attached hydrogen (secondary N) is 1. The highest BCUT2D eigenvalue weighted by Gasteiger charge is 2.25. The van der Waals surface area contributed by atoms with E-state index in [2.05, 4.69) is 29.1 Å². The van der Waals surface area contributed by atoms with Crippen molar-refractivity contribution in [3.05, 3.63) is 0 Å². The van der Waals surface area contributed by atoms with Crippen LogP contribution in [0.2, 0.25) is 0 Å². The Balaban J connectivity index is 1.54. The number of aliphatic imine (C=N–C) groups is 1. The molecule has 0 aromatic rings. The monoisotopic (exact) mass is 325 g/mol. The molecular weight excluding hydrogens is 290 g/mol. The molecule has 2 saturated heterocycles. The van der Waals surface area contributed by atoms with Crippen molar-refractivity contribution in [2.75, 3.05) is 53.1 Å². The minimum Gasteiger partial charge on any atom is -0.381 e. The predicted molar refractivity (Wildman–Crippen MR) is 94.9 cm³/mol. The van der Waals surface area contributed by atoms with Gasteiger partial charge in [-0.25, -0.2) is 0 Å². The first-order valence-corrected chi connectivity index (χ1v) is 9.30. The van der Waals surface area contributed by atoms with Crippen LogP contribution in [0.15, 0.2) is 4.99 Å². The second kappa shape index (κ2) is 10.1. The third-order valence-electron chi connectivity index (χ3n) is 4.73. The third-order valence-corrected chi connectivity index (χ3v) is 4.73. The van der Waals surface area contributed by atoms with E-state index in [0.717, 1.165) is 76.7 Å². The topological polar surface area (TPSA) is 46.1 Å². The summed E-state index contributed by atoms with van der Waals surface area (Å²) >= 11 is 0. The number of guanidine groups is 1. The van der Waals surface area contributed by atoms with Crippen molar-refractivity contribution in [3.63, 3.8) is 0 Å². The van der Waals surface area contributed by atoms with E-state index in [1.54, 1.807) is 0 Å². The molecule has 23 heavy (non-hydrogen) atoms. The zero-order valence-corrected chi connectivity index (χ0v) is 15.2. The van der Waals surface area contributed by atoms with Crippen LogP contribution in [0.5, 0.6) is 0 Å². The molecule has 134 valence electrons. The maximum Gasteiger partial charge on any atom is 0.193 e. The van der Waals surface area contributed by atoms with Gasteiger partial charge in [0.05, 0.1) is 13.2 Å². The summed E-state index contributed by atoms with van der Waals surface area (Å²) in [5, 5.41) is 3.48. The molecule has 5 heteroatoms. The van der Waals surface area contributed by atoms with Crippen molar-refractivity contribution in [2.24, 2.45) is 22.7 Å². The van der Waals surface area contributed by atoms with Gasteiger partial charge in [-0.1, -0.05) is 13.8 Å². The van der Waals surface area contributed by atoms with E-state index in [0.29, 0.717) is 5.92 Å². The van der Waals surface area contributed by atoms with Crippen LogP contribution in [0.3, 0.4) is 0 Å². The average molecular weight is 325 g/mol. The lowest BCUT2D eigenvalue weighted by Gasteiger charge is -2.22. The van der Waals surface area contributed by atoms with Gasteiger partial charge in [0.15, 0.2) is 5.96 Å². The molecule has 0 bridgehead atoms. The third kappa shape index (κ3) is 6.68. The molecule has 2 aliphatic rings. The quantitative estimate of drug-likeness (QED) is 0.423. The summed E-state index contributed by atoms with van der Waals surface area (Å²) in [6.45, 7) is 11.3. The zero-order chi connectivity index (χ0) is 16.5. The number of likely N-dealkylation sites (tertiary alicyclic amines) is 1. The molecule has 0 aliphatic carbocycles. The molecular formula is C18H35N3O2. The summed E-state index contributed by atoms with van der Waals surface area (Å²) < 4.78 is 11.1. The molecule has 0 aromatic heterocycles. The SMILES string of the molecule is CN=C(NCCCOCC1CCOC1)N1CCC(CC(C)C)C1.